The smallest absolute Gasteiger partial charge is 0.273 e. The third kappa shape index (κ3) is 4.04. The molecule has 0 aliphatic heterocycles. The minimum atomic E-state index is -0.223. The molecule has 1 N–H and O–H groups in total. The van der Waals surface area contributed by atoms with Crippen molar-refractivity contribution in [2.24, 2.45) is 5.92 Å². The van der Waals surface area contributed by atoms with Gasteiger partial charge < -0.3 is 14.2 Å². The van der Waals surface area contributed by atoms with Gasteiger partial charge in [0.05, 0.1) is 5.75 Å². The molecule has 0 saturated carbocycles. The van der Waals surface area contributed by atoms with E-state index in [9.17, 15) is 4.79 Å². The average Bonchev–Trinajstić information content (AvgIpc) is 3.20. The van der Waals surface area contributed by atoms with Crippen LogP contribution >= 0.6 is 11.8 Å². The van der Waals surface area contributed by atoms with Crippen molar-refractivity contribution in [3.8, 4) is 0 Å². The molecule has 0 spiro atoms. The Labute approximate surface area is 150 Å². The van der Waals surface area contributed by atoms with Crippen LogP contribution in [0.15, 0.2) is 38.5 Å². The molecule has 1 amide bonds. The first-order valence-corrected chi connectivity index (χ1v) is 9.17. The summed E-state index contributed by atoms with van der Waals surface area (Å²) in [5.41, 5.74) is 2.98. The molecule has 0 aliphatic rings. The Hall–Kier alpha value is -2.28. The number of amides is 1. The molecule has 3 rings (SSSR count). The Morgan fingerprint density at radius 1 is 1.28 bits per heavy atom. The first-order valence-electron chi connectivity index (χ1n) is 8.18. The van der Waals surface area contributed by atoms with E-state index in [2.05, 4.69) is 29.1 Å². The predicted octanol–water partition coefficient (Wildman–Crippen LogP) is 4.19. The van der Waals surface area contributed by atoms with Gasteiger partial charge in [-0.05, 0) is 31.4 Å². The normalized spacial score (nSPS) is 12.7. The minimum absolute atomic E-state index is 0.0741. The third-order valence-corrected chi connectivity index (χ3v) is 4.88. The van der Waals surface area contributed by atoms with Gasteiger partial charge in [0.2, 0.25) is 5.89 Å². The van der Waals surface area contributed by atoms with E-state index in [-0.39, 0.29) is 17.6 Å². The van der Waals surface area contributed by atoms with E-state index >= 15 is 0 Å². The van der Waals surface area contributed by atoms with Gasteiger partial charge in [0.25, 0.3) is 11.1 Å². The van der Waals surface area contributed by atoms with Crippen molar-refractivity contribution < 1.29 is 13.6 Å². The summed E-state index contributed by atoms with van der Waals surface area (Å²) in [6, 6.07) is 5.90. The maximum atomic E-state index is 12.1. The van der Waals surface area contributed by atoms with E-state index < -0.39 is 0 Å². The number of fused-ring (bicyclic) bond motifs is 1. The SMILES string of the molecule is Cc1cccc2oc(SCc3nc(C(=O)N[C@H](C)C(C)C)co3)nc12. The fourth-order valence-corrected chi connectivity index (χ4v) is 2.86. The first kappa shape index (κ1) is 17.5. The number of hydrogen-bond donors (Lipinski definition) is 1. The van der Waals surface area contributed by atoms with Crippen LogP contribution in [0.2, 0.25) is 0 Å². The van der Waals surface area contributed by atoms with Crippen LogP contribution < -0.4 is 5.32 Å². The highest BCUT2D eigenvalue weighted by molar-refractivity contribution is 7.98. The number of nitrogens with zero attached hydrogens (tertiary/aromatic N) is 2. The molecule has 0 bridgehead atoms. The molecule has 2 aromatic heterocycles. The number of hydrogen-bond acceptors (Lipinski definition) is 6. The van der Waals surface area contributed by atoms with Crippen LogP contribution in [0.25, 0.3) is 11.1 Å². The quantitative estimate of drug-likeness (QED) is 0.665. The zero-order valence-electron chi connectivity index (χ0n) is 14.7. The van der Waals surface area contributed by atoms with E-state index in [4.69, 9.17) is 8.83 Å². The van der Waals surface area contributed by atoms with Crippen molar-refractivity contribution in [3.05, 3.63) is 41.6 Å². The van der Waals surface area contributed by atoms with Crippen molar-refractivity contribution in [3.63, 3.8) is 0 Å². The first-order chi connectivity index (χ1) is 11.9. The summed E-state index contributed by atoms with van der Waals surface area (Å²) >= 11 is 1.39. The van der Waals surface area contributed by atoms with Crippen molar-refractivity contribution in [1.82, 2.24) is 15.3 Å². The number of benzene rings is 1. The van der Waals surface area contributed by atoms with Crippen molar-refractivity contribution in [1.29, 1.82) is 0 Å². The molecule has 3 aromatic rings. The highest BCUT2D eigenvalue weighted by Gasteiger charge is 2.17. The zero-order valence-corrected chi connectivity index (χ0v) is 15.5. The number of aromatic nitrogens is 2. The van der Waals surface area contributed by atoms with E-state index in [0.29, 0.717) is 22.8 Å². The molecule has 0 radical (unpaired) electrons. The summed E-state index contributed by atoms with van der Waals surface area (Å²) in [5, 5.41) is 3.46. The van der Waals surface area contributed by atoms with Crippen LogP contribution in [0.4, 0.5) is 0 Å². The predicted molar refractivity (Wildman–Crippen MR) is 96.6 cm³/mol. The van der Waals surface area contributed by atoms with Crippen molar-refractivity contribution in [2.75, 3.05) is 0 Å². The van der Waals surface area contributed by atoms with E-state index in [0.717, 1.165) is 16.7 Å². The van der Waals surface area contributed by atoms with E-state index in [1.54, 1.807) is 0 Å². The van der Waals surface area contributed by atoms with E-state index in [1.807, 2.05) is 32.0 Å². The van der Waals surface area contributed by atoms with Crippen LogP contribution in [0.1, 0.15) is 42.7 Å². The Morgan fingerprint density at radius 2 is 2.08 bits per heavy atom. The summed E-state index contributed by atoms with van der Waals surface area (Å²) in [6.07, 6.45) is 1.38. The van der Waals surface area contributed by atoms with Gasteiger partial charge in [0.15, 0.2) is 11.3 Å². The second kappa shape index (κ2) is 7.31. The highest BCUT2D eigenvalue weighted by Crippen LogP contribution is 2.27. The summed E-state index contributed by atoms with van der Waals surface area (Å²) in [4.78, 5) is 20.8. The Balaban J connectivity index is 1.63. The topological polar surface area (TPSA) is 81.2 Å². The Morgan fingerprint density at radius 3 is 2.80 bits per heavy atom. The monoisotopic (exact) mass is 359 g/mol. The Bertz CT molecular complexity index is 885. The lowest BCUT2D eigenvalue weighted by molar-refractivity contribution is 0.0925. The molecule has 0 fully saturated rings. The molecule has 1 aromatic carbocycles. The standard InChI is InChI=1S/C18H21N3O3S/c1-10(2)12(4)19-17(22)13-8-23-15(20-13)9-25-18-21-16-11(3)6-5-7-14(16)24-18/h5-8,10,12H,9H2,1-4H3,(H,19,22)/t12-/m1/s1. The van der Waals surface area contributed by atoms with E-state index in [1.165, 1.54) is 18.0 Å². The van der Waals surface area contributed by atoms with Crippen LogP contribution in [0.5, 0.6) is 0 Å². The van der Waals surface area contributed by atoms with Gasteiger partial charge in [0, 0.05) is 6.04 Å². The minimum Gasteiger partial charge on any atom is -0.447 e. The lowest BCUT2D eigenvalue weighted by Crippen LogP contribution is -2.36. The second-order valence-corrected chi connectivity index (χ2v) is 7.25. The molecule has 2 heterocycles. The van der Waals surface area contributed by atoms with Crippen LogP contribution in [0, 0.1) is 12.8 Å². The van der Waals surface area contributed by atoms with Crippen molar-refractivity contribution >= 4 is 28.8 Å². The maximum Gasteiger partial charge on any atom is 0.273 e. The van der Waals surface area contributed by atoms with Gasteiger partial charge >= 0.3 is 0 Å². The number of para-hydroxylation sites is 1. The molecule has 6 nitrogen and oxygen atoms in total. The number of carbonyl (C=O) groups is 1. The molecule has 7 heteroatoms. The van der Waals surface area contributed by atoms with Gasteiger partial charge in [-0.15, -0.1) is 0 Å². The van der Waals surface area contributed by atoms with Crippen LogP contribution in [-0.2, 0) is 5.75 Å². The van der Waals surface area contributed by atoms with Gasteiger partial charge in [0.1, 0.15) is 11.8 Å². The third-order valence-electron chi connectivity index (χ3n) is 4.06. The maximum absolute atomic E-state index is 12.1. The highest BCUT2D eigenvalue weighted by atomic mass is 32.2. The molecule has 1 atom stereocenters. The molecular formula is C18H21N3O3S. The largest absolute Gasteiger partial charge is 0.447 e. The molecule has 25 heavy (non-hydrogen) atoms. The van der Waals surface area contributed by atoms with Crippen molar-refractivity contribution in [2.45, 2.75) is 44.7 Å². The number of carbonyl (C=O) groups excluding carboxylic acids is 1. The van der Waals surface area contributed by atoms with Crippen LogP contribution in [0.3, 0.4) is 0 Å². The summed E-state index contributed by atoms with van der Waals surface area (Å²) in [7, 11) is 0. The summed E-state index contributed by atoms with van der Waals surface area (Å²) < 4.78 is 11.1. The van der Waals surface area contributed by atoms with Gasteiger partial charge in [-0.3, -0.25) is 4.79 Å². The Kier molecular flexibility index (Phi) is 5.13. The molecule has 0 aliphatic carbocycles. The number of aryl methyl sites for hydroxylation is 1. The molecular weight excluding hydrogens is 338 g/mol. The lowest BCUT2D eigenvalue weighted by atomic mass is 10.1. The second-order valence-electron chi connectivity index (χ2n) is 6.32. The average molecular weight is 359 g/mol. The fourth-order valence-electron chi connectivity index (χ4n) is 2.18. The molecule has 0 unspecified atom stereocenters. The number of oxazole rings is 2. The summed E-state index contributed by atoms with van der Waals surface area (Å²) in [6.45, 7) is 8.07. The van der Waals surface area contributed by atoms with Crippen LogP contribution in [-0.4, -0.2) is 21.9 Å². The molecule has 0 saturated heterocycles. The summed E-state index contributed by atoms with van der Waals surface area (Å²) in [5.74, 6) is 1.04. The number of nitrogens with one attached hydrogen (secondary N) is 1. The van der Waals surface area contributed by atoms with Gasteiger partial charge in [-0.25, -0.2) is 9.97 Å². The van der Waals surface area contributed by atoms with Gasteiger partial charge in [-0.2, -0.15) is 0 Å². The van der Waals surface area contributed by atoms with Gasteiger partial charge in [-0.1, -0.05) is 37.7 Å². The lowest BCUT2D eigenvalue weighted by Gasteiger charge is -2.16. The number of rotatable bonds is 6. The molecule has 132 valence electrons. The fraction of sp³-hybridized carbons (Fsp3) is 0.389. The zero-order chi connectivity index (χ0) is 18.0. The number of thioether (sulfide) groups is 1.